The number of amides is 2. The normalized spacial score (nSPS) is 26.7. The molecule has 4 unspecified atom stereocenters. The molecule has 2 fully saturated rings. The van der Waals surface area contributed by atoms with E-state index >= 15 is 0 Å². The molecular weight excluding hydrogens is 393 g/mol. The lowest BCUT2D eigenvalue weighted by atomic mass is 9.85. The maximum Gasteiger partial charge on any atom is 0.254 e. The number of hydrogen-bond donors (Lipinski definition) is 0. The summed E-state index contributed by atoms with van der Waals surface area (Å²) >= 11 is 0. The van der Waals surface area contributed by atoms with Gasteiger partial charge in [0, 0.05) is 29.2 Å². The van der Waals surface area contributed by atoms with Crippen molar-refractivity contribution in [3.8, 4) is 0 Å². The average Bonchev–Trinajstić information content (AvgIpc) is 3.51. The molecule has 2 aromatic carbocycles. The van der Waals surface area contributed by atoms with Gasteiger partial charge in [-0.3, -0.25) is 9.59 Å². The first-order chi connectivity index (χ1) is 15.1. The molecule has 6 rings (SSSR count). The maximum atomic E-state index is 13.6. The third kappa shape index (κ3) is 2.78. The molecule has 0 radical (unpaired) electrons. The van der Waals surface area contributed by atoms with Crippen LogP contribution in [0.1, 0.15) is 17.5 Å². The number of imide groups is 1. The van der Waals surface area contributed by atoms with Gasteiger partial charge in [-0.2, -0.15) is 10.1 Å². The Morgan fingerprint density at radius 1 is 1.00 bits per heavy atom. The summed E-state index contributed by atoms with van der Waals surface area (Å²) in [5.74, 6) is -0.823. The molecule has 1 saturated heterocycles. The van der Waals surface area contributed by atoms with Gasteiger partial charge in [-0.05, 0) is 42.0 Å². The smallest absolute Gasteiger partial charge is 0.254 e. The van der Waals surface area contributed by atoms with Gasteiger partial charge in [-0.25, -0.2) is 4.39 Å². The molecule has 31 heavy (non-hydrogen) atoms. The fourth-order valence-corrected chi connectivity index (χ4v) is 5.46. The summed E-state index contributed by atoms with van der Waals surface area (Å²) in [5, 5.41) is 6.36. The molecule has 6 heteroatoms. The second kappa shape index (κ2) is 6.74. The van der Waals surface area contributed by atoms with Crippen LogP contribution in [0.25, 0.3) is 10.9 Å². The van der Waals surface area contributed by atoms with Crippen LogP contribution in [-0.2, 0) is 16.1 Å². The predicted octanol–water partition coefficient (Wildman–Crippen LogP) is 3.97. The number of hydrazone groups is 1. The minimum atomic E-state index is -0.268. The zero-order valence-electron chi connectivity index (χ0n) is 16.7. The Labute approximate surface area is 178 Å². The van der Waals surface area contributed by atoms with E-state index in [0.29, 0.717) is 6.54 Å². The first kappa shape index (κ1) is 18.2. The van der Waals surface area contributed by atoms with E-state index in [2.05, 4.69) is 17.3 Å². The second-order valence-electron chi connectivity index (χ2n) is 8.59. The molecule has 0 spiro atoms. The van der Waals surface area contributed by atoms with E-state index in [1.54, 1.807) is 12.3 Å². The van der Waals surface area contributed by atoms with Crippen LogP contribution in [0.2, 0.25) is 0 Å². The number of aromatic nitrogens is 1. The number of benzene rings is 2. The topological polar surface area (TPSA) is 54.7 Å². The highest BCUT2D eigenvalue weighted by Crippen LogP contribution is 2.52. The second-order valence-corrected chi connectivity index (χ2v) is 8.59. The average molecular weight is 413 g/mol. The van der Waals surface area contributed by atoms with Crippen LogP contribution in [0.4, 0.5) is 4.39 Å². The van der Waals surface area contributed by atoms with Crippen molar-refractivity contribution in [1.29, 1.82) is 0 Å². The van der Waals surface area contributed by atoms with Crippen LogP contribution in [0, 0.1) is 29.5 Å². The minimum Gasteiger partial charge on any atom is -0.342 e. The standard InChI is InChI=1S/C25H20FN3O2/c26-19-5-3-4-15(10-19)13-28-14-18(20-6-1-2-7-21(20)28)12-27-29-24(30)22-16-8-9-17(11-16)23(22)25(29)31/h1-10,12,14,16-17,22-23H,11,13H2. The van der Waals surface area contributed by atoms with E-state index in [1.165, 1.54) is 12.1 Å². The molecule has 1 saturated carbocycles. The Bertz CT molecular complexity index is 1260. The van der Waals surface area contributed by atoms with Gasteiger partial charge in [-0.1, -0.05) is 42.5 Å². The van der Waals surface area contributed by atoms with Crippen LogP contribution in [-0.4, -0.2) is 27.6 Å². The summed E-state index contributed by atoms with van der Waals surface area (Å²) in [5.41, 5.74) is 2.64. The minimum absolute atomic E-state index is 0.167. The summed E-state index contributed by atoms with van der Waals surface area (Å²) in [7, 11) is 0. The number of carbonyl (C=O) groups excluding carboxylic acids is 2. The van der Waals surface area contributed by atoms with Crippen molar-refractivity contribution in [2.24, 2.45) is 28.8 Å². The highest BCUT2D eigenvalue weighted by molar-refractivity contribution is 6.07. The number of carbonyl (C=O) groups is 2. The lowest BCUT2D eigenvalue weighted by molar-refractivity contribution is -0.140. The summed E-state index contributed by atoms with van der Waals surface area (Å²) in [6.07, 6.45) is 8.57. The third-order valence-corrected chi connectivity index (χ3v) is 6.82. The van der Waals surface area contributed by atoms with E-state index in [9.17, 15) is 14.0 Å². The van der Waals surface area contributed by atoms with Gasteiger partial charge >= 0.3 is 0 Å². The van der Waals surface area contributed by atoms with Crippen molar-refractivity contribution in [2.45, 2.75) is 13.0 Å². The summed E-state index contributed by atoms with van der Waals surface area (Å²) in [6.45, 7) is 0.507. The number of fused-ring (bicyclic) bond motifs is 6. The Morgan fingerprint density at radius 2 is 1.74 bits per heavy atom. The van der Waals surface area contributed by atoms with Gasteiger partial charge in [0.25, 0.3) is 11.8 Å². The maximum absolute atomic E-state index is 13.6. The van der Waals surface area contributed by atoms with Crippen molar-refractivity contribution in [3.63, 3.8) is 0 Å². The number of nitrogens with zero attached hydrogens (tertiary/aromatic N) is 3. The van der Waals surface area contributed by atoms with Crippen molar-refractivity contribution < 1.29 is 14.0 Å². The molecule has 3 aliphatic rings. The highest BCUT2D eigenvalue weighted by Gasteiger charge is 2.59. The van der Waals surface area contributed by atoms with Gasteiger partial charge in [0.15, 0.2) is 0 Å². The number of halogens is 1. The zero-order chi connectivity index (χ0) is 21.1. The van der Waals surface area contributed by atoms with Crippen LogP contribution in [0.3, 0.4) is 0 Å². The summed E-state index contributed by atoms with van der Waals surface area (Å²) < 4.78 is 15.6. The van der Waals surface area contributed by atoms with E-state index in [0.717, 1.165) is 33.5 Å². The predicted molar refractivity (Wildman–Crippen MR) is 115 cm³/mol. The molecule has 5 nitrogen and oxygen atoms in total. The zero-order valence-corrected chi connectivity index (χ0v) is 16.7. The number of para-hydroxylation sites is 1. The van der Waals surface area contributed by atoms with Gasteiger partial charge < -0.3 is 4.57 Å². The Kier molecular flexibility index (Phi) is 3.96. The Balaban J connectivity index is 1.32. The van der Waals surface area contributed by atoms with Gasteiger partial charge in [-0.15, -0.1) is 0 Å². The fourth-order valence-electron chi connectivity index (χ4n) is 5.46. The van der Waals surface area contributed by atoms with E-state index in [4.69, 9.17) is 0 Å². The Morgan fingerprint density at radius 3 is 2.48 bits per heavy atom. The largest absolute Gasteiger partial charge is 0.342 e. The van der Waals surface area contributed by atoms with Crippen molar-refractivity contribution in [1.82, 2.24) is 9.58 Å². The molecule has 2 bridgehead atoms. The van der Waals surface area contributed by atoms with Crippen LogP contribution in [0.5, 0.6) is 0 Å². The molecule has 4 atom stereocenters. The molecule has 2 amide bonds. The molecule has 3 aromatic rings. The highest BCUT2D eigenvalue weighted by atomic mass is 19.1. The van der Waals surface area contributed by atoms with E-state index in [-0.39, 0.29) is 41.3 Å². The monoisotopic (exact) mass is 413 g/mol. The summed E-state index contributed by atoms with van der Waals surface area (Å²) in [4.78, 5) is 25.7. The Hall–Kier alpha value is -3.54. The molecule has 2 aliphatic carbocycles. The molecule has 154 valence electrons. The van der Waals surface area contributed by atoms with Gasteiger partial charge in [0.2, 0.25) is 0 Å². The fraction of sp³-hybridized carbons (Fsp3) is 0.240. The first-order valence-electron chi connectivity index (χ1n) is 10.5. The van der Waals surface area contributed by atoms with Gasteiger partial charge in [0.05, 0.1) is 18.1 Å². The molecule has 2 heterocycles. The van der Waals surface area contributed by atoms with Crippen LogP contribution < -0.4 is 0 Å². The quantitative estimate of drug-likeness (QED) is 0.369. The third-order valence-electron chi connectivity index (χ3n) is 6.82. The van der Waals surface area contributed by atoms with Crippen molar-refractivity contribution in [2.75, 3.05) is 0 Å². The lowest BCUT2D eigenvalue weighted by Gasteiger charge is -2.13. The number of hydrogen-bond acceptors (Lipinski definition) is 3. The van der Waals surface area contributed by atoms with Gasteiger partial charge in [0.1, 0.15) is 5.82 Å². The molecule has 0 N–H and O–H groups in total. The van der Waals surface area contributed by atoms with E-state index < -0.39 is 0 Å². The van der Waals surface area contributed by atoms with Crippen LogP contribution >= 0.6 is 0 Å². The number of rotatable bonds is 4. The van der Waals surface area contributed by atoms with Crippen molar-refractivity contribution >= 4 is 28.9 Å². The lowest BCUT2D eigenvalue weighted by Crippen LogP contribution is -2.28. The summed E-state index contributed by atoms with van der Waals surface area (Å²) in [6, 6.07) is 14.4. The van der Waals surface area contributed by atoms with Crippen LogP contribution in [0.15, 0.2) is 72.0 Å². The molecule has 1 aromatic heterocycles. The molecule has 1 aliphatic heterocycles. The first-order valence-corrected chi connectivity index (χ1v) is 10.5. The molecular formula is C25H20FN3O2. The van der Waals surface area contributed by atoms with Crippen molar-refractivity contribution in [3.05, 3.63) is 83.8 Å². The SMILES string of the molecule is O=C1C2C3C=CC(C3)C2C(=O)N1N=Cc1cn(Cc2cccc(F)c2)c2ccccc12. The number of allylic oxidation sites excluding steroid dienone is 2. The van der Waals surface area contributed by atoms with E-state index in [1.807, 2.05) is 41.1 Å².